The third-order valence-electron chi connectivity index (χ3n) is 1.18. The van der Waals surface area contributed by atoms with E-state index in [1.54, 1.807) is 0 Å². The van der Waals surface area contributed by atoms with Crippen molar-refractivity contribution in [1.82, 2.24) is 4.72 Å². The third kappa shape index (κ3) is 6.51. The van der Waals surface area contributed by atoms with Crippen molar-refractivity contribution in [2.45, 2.75) is 19.8 Å². The number of nitrogens with one attached hydrogen (secondary N) is 1. The highest BCUT2D eigenvalue weighted by atomic mass is 32.2. The van der Waals surface area contributed by atoms with Crippen LogP contribution in [0.25, 0.3) is 0 Å². The summed E-state index contributed by atoms with van der Waals surface area (Å²) in [6, 6.07) is 0. The molecule has 0 fully saturated rings. The lowest BCUT2D eigenvalue weighted by Crippen LogP contribution is -2.32. The lowest BCUT2D eigenvalue weighted by molar-refractivity contribution is 0.582. The molecule has 12 heavy (non-hydrogen) atoms. The van der Waals surface area contributed by atoms with Crippen LogP contribution in [0.2, 0.25) is 0 Å². The third-order valence-corrected chi connectivity index (χ3v) is 2.85. The quantitative estimate of drug-likeness (QED) is 0.478. The highest BCUT2D eigenvalue weighted by Gasteiger charge is 2.09. The maximum Gasteiger partial charge on any atom is 0.218 e. The van der Waals surface area contributed by atoms with Crippen LogP contribution in [0.3, 0.4) is 0 Å². The maximum absolute atomic E-state index is 11.0. The van der Waals surface area contributed by atoms with Crippen LogP contribution in [0.1, 0.15) is 19.8 Å². The van der Waals surface area contributed by atoms with E-state index in [0.717, 1.165) is 12.8 Å². The molecule has 0 aromatic rings. The van der Waals surface area contributed by atoms with E-state index in [2.05, 4.69) is 16.9 Å². The van der Waals surface area contributed by atoms with Gasteiger partial charge in [0.1, 0.15) is 5.75 Å². The van der Waals surface area contributed by atoms with Crippen molar-refractivity contribution in [2.75, 3.05) is 12.3 Å². The van der Waals surface area contributed by atoms with E-state index < -0.39 is 10.0 Å². The zero-order chi connectivity index (χ0) is 9.61. The number of rotatable bonds is 6. The molecule has 0 aromatic carbocycles. The van der Waals surface area contributed by atoms with E-state index in [1.165, 1.54) is 0 Å². The molecule has 3 N–H and O–H groups in total. The smallest absolute Gasteiger partial charge is 0.218 e. The lowest BCUT2D eigenvalue weighted by atomic mass is 10.3. The molecular weight excluding hydrogens is 196 g/mol. The fourth-order valence-corrected chi connectivity index (χ4v) is 2.04. The van der Waals surface area contributed by atoms with E-state index >= 15 is 0 Å². The topological polar surface area (TPSA) is 72.2 Å². The van der Waals surface area contributed by atoms with Gasteiger partial charge in [0.2, 0.25) is 10.0 Å². The number of thiocarbonyl (C=S) groups is 1. The Hall–Kier alpha value is -0.200. The summed E-state index contributed by atoms with van der Waals surface area (Å²) in [6.45, 7) is 2.45. The second-order valence-electron chi connectivity index (χ2n) is 2.47. The highest BCUT2D eigenvalue weighted by Crippen LogP contribution is 1.88. The average molecular weight is 210 g/mol. The average Bonchev–Trinajstić information content (AvgIpc) is 1.84. The van der Waals surface area contributed by atoms with Crippen LogP contribution < -0.4 is 10.5 Å². The summed E-state index contributed by atoms with van der Waals surface area (Å²) in [4.78, 5) is -0.000927. The molecule has 0 aromatic heterocycles. The molecule has 0 radical (unpaired) electrons. The highest BCUT2D eigenvalue weighted by molar-refractivity contribution is 7.92. The number of nitrogens with two attached hydrogens (primary N) is 1. The molecule has 0 amide bonds. The van der Waals surface area contributed by atoms with Gasteiger partial charge in [-0.1, -0.05) is 25.6 Å². The van der Waals surface area contributed by atoms with Gasteiger partial charge in [-0.25, -0.2) is 13.1 Å². The minimum absolute atomic E-state index is 0.000927. The Morgan fingerprint density at radius 1 is 1.58 bits per heavy atom. The molecule has 72 valence electrons. The first-order chi connectivity index (χ1) is 5.48. The summed E-state index contributed by atoms with van der Waals surface area (Å²) < 4.78 is 24.5. The van der Waals surface area contributed by atoms with Crippen molar-refractivity contribution in [1.29, 1.82) is 0 Å². The van der Waals surface area contributed by atoms with Crippen molar-refractivity contribution >= 4 is 27.2 Å². The Labute approximate surface area is 78.6 Å². The summed E-state index contributed by atoms with van der Waals surface area (Å²) in [7, 11) is -3.27. The Kier molecular flexibility index (Phi) is 5.36. The van der Waals surface area contributed by atoms with Gasteiger partial charge in [0, 0.05) is 6.54 Å². The summed E-state index contributed by atoms with van der Waals surface area (Å²) in [5.41, 5.74) is 5.10. The second-order valence-corrected chi connectivity index (χ2v) is 4.80. The Morgan fingerprint density at radius 3 is 2.58 bits per heavy atom. The zero-order valence-corrected chi connectivity index (χ0v) is 8.67. The normalized spacial score (nSPS) is 11.4. The van der Waals surface area contributed by atoms with Crippen LogP contribution >= 0.6 is 12.2 Å². The number of hydrogen-bond acceptors (Lipinski definition) is 3. The fourth-order valence-electron chi connectivity index (χ4n) is 0.643. The van der Waals surface area contributed by atoms with Crippen molar-refractivity contribution in [3.05, 3.63) is 0 Å². The van der Waals surface area contributed by atoms with Gasteiger partial charge in [0.15, 0.2) is 0 Å². The van der Waals surface area contributed by atoms with Gasteiger partial charge < -0.3 is 5.73 Å². The molecule has 0 unspecified atom stereocenters. The first-order valence-corrected chi connectivity index (χ1v) is 5.79. The fraction of sp³-hybridized carbons (Fsp3) is 0.833. The van der Waals surface area contributed by atoms with Gasteiger partial charge in [-0.3, -0.25) is 0 Å². The van der Waals surface area contributed by atoms with Crippen molar-refractivity contribution in [2.24, 2.45) is 5.73 Å². The molecule has 0 bridgehead atoms. The van der Waals surface area contributed by atoms with Crippen LogP contribution in [-0.2, 0) is 10.0 Å². The predicted octanol–water partition coefficient (Wildman–Crippen LogP) is -0.00800. The molecule has 0 heterocycles. The molecule has 4 nitrogen and oxygen atoms in total. The molecule has 0 aliphatic carbocycles. The Balaban J connectivity index is 3.81. The van der Waals surface area contributed by atoms with Gasteiger partial charge in [-0.2, -0.15) is 0 Å². The molecule has 6 heteroatoms. The van der Waals surface area contributed by atoms with E-state index in [-0.39, 0.29) is 10.7 Å². The first kappa shape index (κ1) is 11.8. The SMILES string of the molecule is CCCCNS(=O)(=O)CC(N)=S. The minimum Gasteiger partial charge on any atom is -0.392 e. The number of sulfonamides is 1. The minimum atomic E-state index is -3.27. The maximum atomic E-state index is 11.0. The van der Waals surface area contributed by atoms with Gasteiger partial charge in [-0.05, 0) is 6.42 Å². The van der Waals surface area contributed by atoms with Crippen LogP contribution in [-0.4, -0.2) is 25.7 Å². The summed E-state index contributed by atoms with van der Waals surface area (Å²) >= 11 is 4.48. The molecule has 0 spiro atoms. The predicted molar refractivity (Wildman–Crippen MR) is 53.5 cm³/mol. The molecular formula is C6H14N2O2S2. The number of unbranched alkanes of at least 4 members (excludes halogenated alkanes) is 1. The standard InChI is InChI=1S/C6H14N2O2S2/c1-2-3-4-8-12(9,10)5-6(7)11/h8H,2-5H2,1H3,(H2,7,11). The summed E-state index contributed by atoms with van der Waals surface area (Å²) in [5.74, 6) is -0.258. The molecule has 0 aliphatic heterocycles. The van der Waals surface area contributed by atoms with Gasteiger partial charge >= 0.3 is 0 Å². The van der Waals surface area contributed by atoms with Crippen LogP contribution in [0.5, 0.6) is 0 Å². The van der Waals surface area contributed by atoms with Crippen molar-refractivity contribution in [3.8, 4) is 0 Å². The van der Waals surface area contributed by atoms with Gasteiger partial charge in [-0.15, -0.1) is 0 Å². The van der Waals surface area contributed by atoms with E-state index in [9.17, 15) is 8.42 Å². The van der Waals surface area contributed by atoms with E-state index in [4.69, 9.17) is 5.73 Å². The van der Waals surface area contributed by atoms with Crippen molar-refractivity contribution < 1.29 is 8.42 Å². The number of hydrogen-bond donors (Lipinski definition) is 2. The molecule has 0 aliphatic rings. The van der Waals surface area contributed by atoms with Gasteiger partial charge in [0.05, 0.1) is 4.99 Å². The monoisotopic (exact) mass is 210 g/mol. The Bertz CT molecular complexity index is 236. The molecule has 0 saturated heterocycles. The van der Waals surface area contributed by atoms with Gasteiger partial charge in [0.25, 0.3) is 0 Å². The first-order valence-electron chi connectivity index (χ1n) is 3.73. The van der Waals surface area contributed by atoms with E-state index in [0.29, 0.717) is 6.54 Å². The van der Waals surface area contributed by atoms with Crippen LogP contribution in [0, 0.1) is 0 Å². The lowest BCUT2D eigenvalue weighted by Gasteiger charge is -2.03. The Morgan fingerprint density at radius 2 is 2.17 bits per heavy atom. The zero-order valence-electron chi connectivity index (χ0n) is 7.04. The largest absolute Gasteiger partial charge is 0.392 e. The van der Waals surface area contributed by atoms with E-state index in [1.807, 2.05) is 6.92 Å². The van der Waals surface area contributed by atoms with Crippen LogP contribution in [0.15, 0.2) is 0 Å². The summed E-state index contributed by atoms with van der Waals surface area (Å²) in [5, 5.41) is 0. The molecule has 0 saturated carbocycles. The van der Waals surface area contributed by atoms with Crippen molar-refractivity contribution in [3.63, 3.8) is 0 Å². The second kappa shape index (κ2) is 5.45. The molecule has 0 atom stereocenters. The van der Waals surface area contributed by atoms with Crippen LogP contribution in [0.4, 0.5) is 0 Å². The molecule has 0 rings (SSSR count). The summed E-state index contributed by atoms with van der Waals surface area (Å²) in [6.07, 6.45) is 1.78.